The van der Waals surface area contributed by atoms with Crippen LogP contribution in [0.2, 0.25) is 0 Å². The van der Waals surface area contributed by atoms with Crippen LogP contribution in [0.1, 0.15) is 44.7 Å². The van der Waals surface area contributed by atoms with Gasteiger partial charge in [0.25, 0.3) is 0 Å². The molecule has 1 fully saturated rings. The van der Waals surface area contributed by atoms with Crippen LogP contribution in [-0.4, -0.2) is 15.8 Å². The lowest BCUT2D eigenvalue weighted by Gasteiger charge is -2.22. The van der Waals surface area contributed by atoms with Gasteiger partial charge >= 0.3 is 0 Å². The van der Waals surface area contributed by atoms with Crippen LogP contribution >= 0.6 is 0 Å². The minimum atomic E-state index is 0.651. The van der Waals surface area contributed by atoms with Gasteiger partial charge in [0.15, 0.2) is 0 Å². The van der Waals surface area contributed by atoms with Gasteiger partial charge in [0.1, 0.15) is 0 Å². The Morgan fingerprint density at radius 3 is 2.90 bits per heavy atom. The molecule has 2 atom stereocenters. The summed E-state index contributed by atoms with van der Waals surface area (Å²) >= 11 is 0. The summed E-state index contributed by atoms with van der Waals surface area (Å²) in [6, 6.07) is 9.14. The normalized spacial score (nSPS) is 23.9. The highest BCUT2D eigenvalue weighted by Gasteiger charge is 2.20. The molecule has 1 aliphatic carbocycles. The van der Waals surface area contributed by atoms with Gasteiger partial charge < -0.3 is 5.32 Å². The molecule has 0 saturated heterocycles. The van der Waals surface area contributed by atoms with Crippen molar-refractivity contribution >= 4 is 10.9 Å². The Labute approximate surface area is 121 Å². The Morgan fingerprint density at radius 2 is 2.00 bits per heavy atom. The highest BCUT2D eigenvalue weighted by Crippen LogP contribution is 2.24. The van der Waals surface area contributed by atoms with E-state index in [-0.39, 0.29) is 0 Å². The van der Waals surface area contributed by atoms with E-state index < -0.39 is 0 Å². The van der Waals surface area contributed by atoms with E-state index in [0.29, 0.717) is 6.04 Å². The number of benzene rings is 1. The van der Waals surface area contributed by atoms with E-state index in [1.807, 2.05) is 11.7 Å². The van der Waals surface area contributed by atoms with Gasteiger partial charge in [-0.05, 0) is 24.8 Å². The molecule has 3 rings (SSSR count). The Bertz CT molecular complexity index is 573. The molecule has 108 valence electrons. The zero-order chi connectivity index (χ0) is 13.9. The third kappa shape index (κ3) is 2.73. The molecule has 20 heavy (non-hydrogen) atoms. The van der Waals surface area contributed by atoms with Crippen LogP contribution in [0, 0.1) is 5.92 Å². The summed E-state index contributed by atoms with van der Waals surface area (Å²) < 4.78 is 1.99. The van der Waals surface area contributed by atoms with Crippen LogP contribution in [0.5, 0.6) is 0 Å². The van der Waals surface area contributed by atoms with Gasteiger partial charge in [0.05, 0.1) is 11.2 Å². The number of rotatable bonds is 3. The van der Waals surface area contributed by atoms with Crippen molar-refractivity contribution in [2.75, 3.05) is 0 Å². The van der Waals surface area contributed by atoms with Crippen molar-refractivity contribution in [1.82, 2.24) is 15.1 Å². The number of aryl methyl sites for hydroxylation is 1. The maximum Gasteiger partial charge on any atom is 0.0841 e. The summed E-state index contributed by atoms with van der Waals surface area (Å²) in [7, 11) is 2.03. The summed E-state index contributed by atoms with van der Waals surface area (Å²) in [5.41, 5.74) is 2.40. The molecule has 1 aromatic carbocycles. The van der Waals surface area contributed by atoms with Crippen molar-refractivity contribution in [2.45, 2.75) is 51.6 Å². The minimum absolute atomic E-state index is 0.651. The number of aromatic nitrogens is 2. The van der Waals surface area contributed by atoms with Gasteiger partial charge in [-0.15, -0.1) is 0 Å². The van der Waals surface area contributed by atoms with Gasteiger partial charge in [0.2, 0.25) is 0 Å². The van der Waals surface area contributed by atoms with Gasteiger partial charge in [-0.1, -0.05) is 44.4 Å². The molecule has 0 aliphatic heterocycles. The topological polar surface area (TPSA) is 29.9 Å². The number of para-hydroxylation sites is 1. The first-order valence-corrected chi connectivity index (χ1v) is 7.89. The van der Waals surface area contributed by atoms with Gasteiger partial charge in [-0.2, -0.15) is 5.10 Å². The zero-order valence-corrected chi connectivity index (χ0v) is 12.6. The predicted molar refractivity (Wildman–Crippen MR) is 83.6 cm³/mol. The number of hydrogen-bond acceptors (Lipinski definition) is 2. The molecule has 2 unspecified atom stereocenters. The van der Waals surface area contributed by atoms with Crippen molar-refractivity contribution in [2.24, 2.45) is 13.0 Å². The second-order valence-electron chi connectivity index (χ2n) is 6.19. The average Bonchev–Trinajstić information content (AvgIpc) is 2.64. The van der Waals surface area contributed by atoms with Crippen molar-refractivity contribution in [3.05, 3.63) is 30.0 Å². The maximum atomic E-state index is 4.68. The number of nitrogens with zero attached hydrogens (tertiary/aromatic N) is 2. The fraction of sp³-hybridized carbons (Fsp3) is 0.588. The molecule has 1 aromatic heterocycles. The monoisotopic (exact) mass is 271 g/mol. The van der Waals surface area contributed by atoms with Crippen molar-refractivity contribution < 1.29 is 0 Å². The Balaban J connectivity index is 1.73. The number of fused-ring (bicyclic) bond motifs is 1. The van der Waals surface area contributed by atoms with Crippen LogP contribution in [0.3, 0.4) is 0 Å². The first-order valence-electron chi connectivity index (χ1n) is 7.89. The van der Waals surface area contributed by atoms with Crippen molar-refractivity contribution in [3.8, 4) is 0 Å². The molecule has 1 N–H and O–H groups in total. The lowest BCUT2D eigenvalue weighted by Crippen LogP contribution is -2.33. The SMILES string of the molecule is CC1CCCCCC1NCc1nn(C)c2ccccc12. The van der Waals surface area contributed by atoms with Crippen molar-refractivity contribution in [1.29, 1.82) is 0 Å². The summed E-state index contributed by atoms with van der Waals surface area (Å²) in [6.45, 7) is 3.27. The quantitative estimate of drug-likeness (QED) is 0.864. The van der Waals surface area contributed by atoms with Gasteiger partial charge in [0, 0.05) is 25.0 Å². The van der Waals surface area contributed by atoms with Crippen LogP contribution in [-0.2, 0) is 13.6 Å². The Hall–Kier alpha value is -1.35. The summed E-state index contributed by atoms with van der Waals surface area (Å²) in [5.74, 6) is 0.785. The third-order valence-corrected chi connectivity index (χ3v) is 4.73. The summed E-state index contributed by atoms with van der Waals surface area (Å²) in [5, 5.41) is 9.72. The lowest BCUT2D eigenvalue weighted by molar-refractivity contribution is 0.354. The predicted octanol–water partition coefficient (Wildman–Crippen LogP) is 3.63. The van der Waals surface area contributed by atoms with Crippen LogP contribution < -0.4 is 5.32 Å². The molecular formula is C17H25N3. The molecule has 0 radical (unpaired) electrons. The maximum absolute atomic E-state index is 4.68. The van der Waals surface area contributed by atoms with E-state index in [4.69, 9.17) is 0 Å². The summed E-state index contributed by atoms with van der Waals surface area (Å²) in [4.78, 5) is 0. The van der Waals surface area contributed by atoms with E-state index in [9.17, 15) is 0 Å². The first-order chi connectivity index (χ1) is 9.75. The largest absolute Gasteiger partial charge is 0.308 e. The van der Waals surface area contributed by atoms with E-state index in [1.54, 1.807) is 0 Å². The molecule has 1 saturated carbocycles. The molecule has 3 heteroatoms. The zero-order valence-electron chi connectivity index (χ0n) is 12.6. The molecular weight excluding hydrogens is 246 g/mol. The minimum Gasteiger partial charge on any atom is -0.308 e. The molecule has 2 aromatic rings. The molecule has 1 heterocycles. The second-order valence-corrected chi connectivity index (χ2v) is 6.19. The van der Waals surface area contributed by atoms with E-state index >= 15 is 0 Å². The molecule has 0 bridgehead atoms. The van der Waals surface area contributed by atoms with E-state index in [1.165, 1.54) is 48.7 Å². The molecule has 3 nitrogen and oxygen atoms in total. The van der Waals surface area contributed by atoms with Crippen LogP contribution in [0.4, 0.5) is 0 Å². The number of hydrogen-bond donors (Lipinski definition) is 1. The average molecular weight is 271 g/mol. The summed E-state index contributed by atoms with van der Waals surface area (Å²) in [6.07, 6.45) is 6.83. The molecule has 1 aliphatic rings. The second kappa shape index (κ2) is 5.96. The van der Waals surface area contributed by atoms with Gasteiger partial charge in [-0.25, -0.2) is 0 Å². The van der Waals surface area contributed by atoms with Crippen LogP contribution in [0.15, 0.2) is 24.3 Å². The number of nitrogens with one attached hydrogen (secondary N) is 1. The molecule has 0 amide bonds. The van der Waals surface area contributed by atoms with Crippen molar-refractivity contribution in [3.63, 3.8) is 0 Å². The standard InChI is InChI=1S/C17H25N3/c1-13-8-4-3-5-10-15(13)18-12-16-14-9-6-7-11-17(14)20(2)19-16/h6-7,9,11,13,15,18H,3-5,8,10,12H2,1-2H3. The Kier molecular flexibility index (Phi) is 4.06. The van der Waals surface area contributed by atoms with Crippen LogP contribution in [0.25, 0.3) is 10.9 Å². The smallest absolute Gasteiger partial charge is 0.0841 e. The van der Waals surface area contributed by atoms with E-state index in [2.05, 4.69) is 41.6 Å². The highest BCUT2D eigenvalue weighted by atomic mass is 15.3. The Morgan fingerprint density at radius 1 is 1.20 bits per heavy atom. The third-order valence-electron chi connectivity index (χ3n) is 4.73. The first kappa shape index (κ1) is 13.6. The lowest BCUT2D eigenvalue weighted by atomic mass is 9.97. The molecule has 0 spiro atoms. The van der Waals surface area contributed by atoms with E-state index in [0.717, 1.165) is 12.5 Å². The highest BCUT2D eigenvalue weighted by molar-refractivity contribution is 5.81. The van der Waals surface area contributed by atoms with Gasteiger partial charge in [-0.3, -0.25) is 4.68 Å². The fourth-order valence-electron chi connectivity index (χ4n) is 3.44. The fourth-order valence-corrected chi connectivity index (χ4v) is 3.44.